The molecule has 2 aromatic carbocycles. The first-order chi connectivity index (χ1) is 18.4. The van der Waals surface area contributed by atoms with Gasteiger partial charge >= 0.3 is 21.6 Å². The van der Waals surface area contributed by atoms with Crippen molar-refractivity contribution in [2.45, 2.75) is 42.3 Å². The highest BCUT2D eigenvalue weighted by molar-refractivity contribution is 7.89. The van der Waals surface area contributed by atoms with Crippen molar-refractivity contribution in [2.24, 2.45) is 5.41 Å². The molecule has 3 atom stereocenters. The predicted octanol–water partition coefficient (Wildman–Crippen LogP) is 3.74. The Labute approximate surface area is 238 Å². The summed E-state index contributed by atoms with van der Waals surface area (Å²) in [6.07, 6.45) is 0.946. The van der Waals surface area contributed by atoms with Crippen LogP contribution in [0, 0.1) is 5.41 Å². The van der Waals surface area contributed by atoms with Crippen LogP contribution in [-0.4, -0.2) is 53.8 Å². The molecule has 3 rings (SSSR count). The fourth-order valence-corrected chi connectivity index (χ4v) is 6.66. The van der Waals surface area contributed by atoms with Crippen molar-refractivity contribution in [1.29, 1.82) is 0 Å². The van der Waals surface area contributed by atoms with E-state index in [1.54, 1.807) is 0 Å². The van der Waals surface area contributed by atoms with Crippen molar-refractivity contribution in [2.75, 3.05) is 13.7 Å². The van der Waals surface area contributed by atoms with Crippen LogP contribution >= 0.6 is 23.2 Å². The highest BCUT2D eigenvalue weighted by atomic mass is 35.5. The van der Waals surface area contributed by atoms with E-state index in [1.807, 2.05) is 0 Å². The van der Waals surface area contributed by atoms with Gasteiger partial charge in [0.15, 0.2) is 5.78 Å². The lowest BCUT2D eigenvalue weighted by Gasteiger charge is -2.36. The van der Waals surface area contributed by atoms with Crippen LogP contribution in [0.15, 0.2) is 47.4 Å². The fourth-order valence-electron chi connectivity index (χ4n) is 4.16. The Bertz CT molecular complexity index is 1480. The van der Waals surface area contributed by atoms with Gasteiger partial charge in [-0.15, -0.1) is 0 Å². The molecule has 1 heterocycles. The topological polar surface area (TPSA) is 145 Å². The molecule has 0 spiro atoms. The molecule has 0 amide bonds. The maximum Gasteiger partial charge on any atom is 0.534 e. The van der Waals surface area contributed by atoms with Gasteiger partial charge in [0.2, 0.25) is 10.0 Å². The molecule has 0 bridgehead atoms. The van der Waals surface area contributed by atoms with Gasteiger partial charge in [-0.3, -0.25) is 9.59 Å². The van der Waals surface area contributed by atoms with Gasteiger partial charge < -0.3 is 14.2 Å². The van der Waals surface area contributed by atoms with Gasteiger partial charge in [0.1, 0.15) is 11.2 Å². The SMILES string of the molecule is COC(=O)[C@](C)(C(=O)[C@@H]1CCCN1)[C@H](NS(=O)(=O)c1cc(Cl)cc(Cl)c1)c1ccc(OS(=O)(=O)C(F)(F)F)cc1. The first-order valence-electron chi connectivity index (χ1n) is 11.4. The summed E-state index contributed by atoms with van der Waals surface area (Å²) in [5, 5.41) is 2.89. The largest absolute Gasteiger partial charge is 0.534 e. The third kappa shape index (κ3) is 6.71. The first kappa shape index (κ1) is 32.1. The Morgan fingerprint density at radius 3 is 2.10 bits per heavy atom. The molecule has 17 heteroatoms. The molecule has 2 aromatic rings. The molecule has 1 fully saturated rings. The number of ketones is 1. The predicted molar refractivity (Wildman–Crippen MR) is 138 cm³/mol. The lowest BCUT2D eigenvalue weighted by molar-refractivity contribution is -0.159. The number of esters is 1. The highest BCUT2D eigenvalue weighted by Crippen LogP contribution is 2.40. The van der Waals surface area contributed by atoms with Gasteiger partial charge in [-0.1, -0.05) is 35.3 Å². The summed E-state index contributed by atoms with van der Waals surface area (Å²) in [5.41, 5.74) is -8.02. The monoisotopic (exact) mass is 646 g/mol. The maximum atomic E-state index is 13.7. The van der Waals surface area contributed by atoms with E-state index in [0.29, 0.717) is 19.4 Å². The van der Waals surface area contributed by atoms with Gasteiger partial charge in [0.05, 0.1) is 24.1 Å². The van der Waals surface area contributed by atoms with Crippen LogP contribution in [0.5, 0.6) is 5.75 Å². The Kier molecular flexibility index (Phi) is 9.48. The number of benzene rings is 2. The van der Waals surface area contributed by atoms with Crippen LogP contribution in [0.3, 0.4) is 0 Å². The van der Waals surface area contributed by atoms with E-state index in [1.165, 1.54) is 6.07 Å². The van der Waals surface area contributed by atoms with Crippen LogP contribution in [-0.2, 0) is 34.5 Å². The van der Waals surface area contributed by atoms with Crippen molar-refractivity contribution in [3.8, 4) is 5.75 Å². The van der Waals surface area contributed by atoms with Gasteiger partial charge in [0, 0.05) is 10.0 Å². The molecule has 0 saturated carbocycles. The minimum absolute atomic E-state index is 0.0289. The number of sulfonamides is 1. The van der Waals surface area contributed by atoms with Crippen LogP contribution < -0.4 is 14.2 Å². The fraction of sp³-hybridized carbons (Fsp3) is 0.391. The number of halogens is 5. The summed E-state index contributed by atoms with van der Waals surface area (Å²) in [6.45, 7) is 1.63. The molecule has 40 heavy (non-hydrogen) atoms. The van der Waals surface area contributed by atoms with Gasteiger partial charge in [-0.05, 0) is 62.2 Å². The molecule has 220 valence electrons. The van der Waals surface area contributed by atoms with Crippen LogP contribution in [0.4, 0.5) is 13.2 Å². The van der Waals surface area contributed by atoms with Crippen molar-refractivity contribution in [1.82, 2.24) is 10.0 Å². The normalized spacial score (nSPS) is 18.5. The van der Waals surface area contributed by atoms with Crippen LogP contribution in [0.1, 0.15) is 31.4 Å². The third-order valence-corrected chi connectivity index (χ3v) is 9.02. The summed E-state index contributed by atoms with van der Waals surface area (Å²) in [7, 11) is -9.57. The average molecular weight is 647 g/mol. The number of Topliss-reactive ketones (excluding diaryl/α,β-unsaturated/α-hetero) is 1. The summed E-state index contributed by atoms with van der Waals surface area (Å²) >= 11 is 11.9. The van der Waals surface area contributed by atoms with E-state index >= 15 is 0 Å². The van der Waals surface area contributed by atoms with Crippen LogP contribution in [0.2, 0.25) is 10.0 Å². The Morgan fingerprint density at radius 1 is 1.05 bits per heavy atom. The molecular formula is C23H23Cl2F3N2O8S2. The van der Waals surface area contributed by atoms with E-state index in [0.717, 1.165) is 50.4 Å². The zero-order chi connectivity index (χ0) is 30.1. The van der Waals surface area contributed by atoms with Crippen molar-refractivity contribution >= 4 is 55.1 Å². The van der Waals surface area contributed by atoms with Crippen molar-refractivity contribution in [3.05, 3.63) is 58.1 Å². The number of methoxy groups -OCH3 is 1. The number of carbonyl (C=O) groups is 2. The second kappa shape index (κ2) is 11.8. The van der Waals surface area contributed by atoms with E-state index in [9.17, 15) is 39.6 Å². The third-order valence-electron chi connectivity index (χ3n) is 6.20. The van der Waals surface area contributed by atoms with E-state index in [2.05, 4.69) is 14.2 Å². The number of alkyl halides is 3. The Morgan fingerprint density at radius 2 is 1.62 bits per heavy atom. The molecule has 2 N–H and O–H groups in total. The second-order valence-electron chi connectivity index (χ2n) is 8.92. The molecule has 0 unspecified atom stereocenters. The number of hydrogen-bond donors (Lipinski definition) is 2. The second-order valence-corrected chi connectivity index (χ2v) is 13.0. The van der Waals surface area contributed by atoms with E-state index in [-0.39, 0.29) is 15.6 Å². The molecule has 0 aliphatic carbocycles. The molecule has 1 saturated heterocycles. The quantitative estimate of drug-likeness (QED) is 0.171. The molecule has 0 aromatic heterocycles. The van der Waals surface area contributed by atoms with Gasteiger partial charge in [-0.25, -0.2) is 13.1 Å². The zero-order valence-corrected chi connectivity index (χ0v) is 23.9. The highest BCUT2D eigenvalue weighted by Gasteiger charge is 2.54. The number of hydrogen-bond acceptors (Lipinski definition) is 9. The number of nitrogens with one attached hydrogen (secondary N) is 2. The number of ether oxygens (including phenoxy) is 1. The zero-order valence-electron chi connectivity index (χ0n) is 20.8. The van der Waals surface area contributed by atoms with Crippen LogP contribution in [0.25, 0.3) is 0 Å². The lowest BCUT2D eigenvalue weighted by Crippen LogP contribution is -2.54. The number of rotatable bonds is 10. The van der Waals surface area contributed by atoms with Crippen molar-refractivity contribution < 1.29 is 48.5 Å². The van der Waals surface area contributed by atoms with Gasteiger partial charge in [0.25, 0.3) is 0 Å². The summed E-state index contributed by atoms with van der Waals surface area (Å²) < 4.78 is 99.2. The molecule has 0 radical (unpaired) electrons. The summed E-state index contributed by atoms with van der Waals surface area (Å²) in [4.78, 5) is 26.5. The van der Waals surface area contributed by atoms with E-state index < -0.39 is 65.5 Å². The van der Waals surface area contributed by atoms with Crippen molar-refractivity contribution in [3.63, 3.8) is 0 Å². The molecule has 10 nitrogen and oxygen atoms in total. The Hall–Kier alpha value is -2.43. The molecule has 1 aliphatic heterocycles. The minimum atomic E-state index is -6.00. The molecule has 1 aliphatic rings. The standard InChI is InChI=1S/C23H23Cl2F3N2O8S2/c1-22(21(32)37-2,20(31)18-4-3-9-29-18)19(30-39(33,34)17-11-14(24)10-15(25)12-17)13-5-7-16(8-6-13)38-40(35,36)23(26,27)28/h5-8,10-12,18-19,29-30H,3-4,9H2,1-2H3/t18-,19+,22-/m0/s1. The lowest BCUT2D eigenvalue weighted by atomic mass is 9.73. The van der Waals surface area contributed by atoms with Gasteiger partial charge in [-0.2, -0.15) is 21.6 Å². The number of carbonyl (C=O) groups excluding carboxylic acids is 2. The average Bonchev–Trinajstić information content (AvgIpc) is 3.40. The minimum Gasteiger partial charge on any atom is -0.468 e. The first-order valence-corrected chi connectivity index (χ1v) is 15.0. The summed E-state index contributed by atoms with van der Waals surface area (Å²) in [6, 6.07) is 4.52. The maximum absolute atomic E-state index is 13.7. The molecular weight excluding hydrogens is 624 g/mol. The Balaban J connectivity index is 2.15. The smallest absolute Gasteiger partial charge is 0.468 e. The summed E-state index contributed by atoms with van der Waals surface area (Å²) in [5.74, 6) is -2.58. The van der Waals surface area contributed by atoms with E-state index in [4.69, 9.17) is 27.9 Å².